The van der Waals surface area contributed by atoms with Gasteiger partial charge in [0.15, 0.2) is 0 Å². The van der Waals surface area contributed by atoms with Crippen LogP contribution in [0.2, 0.25) is 0 Å². The molecule has 29 heavy (non-hydrogen) atoms. The molecule has 2 aromatic carbocycles. The number of amides is 2. The van der Waals surface area contributed by atoms with Crippen molar-refractivity contribution < 1.29 is 22.8 Å². The van der Waals surface area contributed by atoms with E-state index in [-0.39, 0.29) is 24.8 Å². The molecule has 1 heterocycles. The Bertz CT molecular complexity index is 936. The Morgan fingerprint density at radius 3 is 2.34 bits per heavy atom. The van der Waals surface area contributed by atoms with Gasteiger partial charge in [-0.2, -0.15) is 13.2 Å². The maximum Gasteiger partial charge on any atom is 0.416 e. The van der Waals surface area contributed by atoms with Crippen LogP contribution in [-0.2, 0) is 22.3 Å². The molecule has 0 saturated heterocycles. The van der Waals surface area contributed by atoms with Crippen LogP contribution in [0.1, 0.15) is 41.6 Å². The Labute approximate surface area is 167 Å². The number of alkyl halides is 3. The van der Waals surface area contributed by atoms with Gasteiger partial charge in [-0.1, -0.05) is 36.4 Å². The summed E-state index contributed by atoms with van der Waals surface area (Å²) >= 11 is 0. The molecule has 1 aliphatic rings. The predicted octanol–water partition coefficient (Wildman–Crippen LogP) is 4.63. The maximum absolute atomic E-state index is 12.8. The van der Waals surface area contributed by atoms with Crippen LogP contribution in [0, 0.1) is 0 Å². The highest BCUT2D eigenvalue weighted by Crippen LogP contribution is 2.33. The molecule has 7 heteroatoms. The average molecular weight is 402 g/mol. The number of hydrogen-bond donors (Lipinski definition) is 0. The van der Waals surface area contributed by atoms with E-state index in [2.05, 4.69) is 0 Å². The molecule has 4 nitrogen and oxygen atoms in total. The van der Waals surface area contributed by atoms with Crippen molar-refractivity contribution >= 4 is 17.9 Å². The van der Waals surface area contributed by atoms with E-state index in [0.717, 1.165) is 23.3 Å². The fraction of sp³-hybridized carbons (Fsp3) is 0.273. The molecule has 0 bridgehead atoms. The van der Waals surface area contributed by atoms with E-state index in [0.29, 0.717) is 5.56 Å². The smallest absolute Gasteiger partial charge is 0.341 e. The molecule has 0 N–H and O–H groups in total. The van der Waals surface area contributed by atoms with Gasteiger partial charge in [-0.3, -0.25) is 9.59 Å². The first kappa shape index (κ1) is 20.6. The zero-order valence-corrected chi connectivity index (χ0v) is 16.1. The highest BCUT2D eigenvalue weighted by molar-refractivity contribution is 5.81. The molecule has 0 fully saturated rings. The van der Waals surface area contributed by atoms with Crippen molar-refractivity contribution in [3.63, 3.8) is 0 Å². The number of hydrogen-bond acceptors (Lipinski definition) is 2. The third kappa shape index (κ3) is 4.67. The van der Waals surface area contributed by atoms with E-state index in [9.17, 15) is 22.8 Å². The number of halogens is 3. The molecule has 0 aliphatic carbocycles. The second kappa shape index (κ2) is 8.11. The van der Waals surface area contributed by atoms with E-state index in [1.54, 1.807) is 13.2 Å². The number of fused-ring (bicyclic) bond motifs is 1. The fourth-order valence-corrected chi connectivity index (χ4v) is 3.40. The van der Waals surface area contributed by atoms with Crippen LogP contribution < -0.4 is 0 Å². The van der Waals surface area contributed by atoms with Crippen molar-refractivity contribution in [3.05, 3.63) is 77.0 Å². The molecule has 152 valence electrons. The topological polar surface area (TPSA) is 40.6 Å². The second-order valence-corrected chi connectivity index (χ2v) is 7.04. The van der Waals surface area contributed by atoms with Crippen LogP contribution in [0.5, 0.6) is 0 Å². The van der Waals surface area contributed by atoms with Gasteiger partial charge in [0, 0.05) is 26.7 Å². The molecular formula is C22H21F3N2O2. The lowest BCUT2D eigenvalue weighted by Gasteiger charge is -2.33. The Balaban J connectivity index is 1.73. The van der Waals surface area contributed by atoms with E-state index < -0.39 is 17.8 Å². The molecule has 0 spiro atoms. The fourth-order valence-electron chi connectivity index (χ4n) is 3.40. The SMILES string of the molecule is CC(=O)N1C=Cc2ccccc2[C@H]1CC(=O)N(C)Cc1ccc(C(F)(F)F)cc1. The van der Waals surface area contributed by atoms with Crippen LogP contribution in [0.4, 0.5) is 13.2 Å². The van der Waals surface area contributed by atoms with Gasteiger partial charge >= 0.3 is 6.18 Å². The highest BCUT2D eigenvalue weighted by Gasteiger charge is 2.31. The molecule has 0 unspecified atom stereocenters. The van der Waals surface area contributed by atoms with Crippen molar-refractivity contribution in [1.29, 1.82) is 0 Å². The standard InChI is InChI=1S/C22H21F3N2O2/c1-15(28)27-12-11-17-5-3-4-6-19(17)20(27)13-21(29)26(2)14-16-7-9-18(10-8-16)22(23,24)25/h3-12,20H,13-14H2,1-2H3/t20-/m1/s1. The van der Waals surface area contributed by atoms with Gasteiger partial charge in [0.1, 0.15) is 0 Å². The van der Waals surface area contributed by atoms with Gasteiger partial charge in [-0.15, -0.1) is 0 Å². The van der Waals surface area contributed by atoms with Gasteiger partial charge in [-0.05, 0) is 34.9 Å². The Kier molecular flexibility index (Phi) is 5.77. The number of nitrogens with zero attached hydrogens (tertiary/aromatic N) is 2. The summed E-state index contributed by atoms with van der Waals surface area (Å²) in [6.45, 7) is 1.63. The zero-order chi connectivity index (χ0) is 21.2. The molecular weight excluding hydrogens is 381 g/mol. The van der Waals surface area contributed by atoms with E-state index in [1.807, 2.05) is 30.3 Å². The number of carbonyl (C=O) groups excluding carboxylic acids is 2. The van der Waals surface area contributed by atoms with Gasteiger partial charge in [-0.25, -0.2) is 0 Å². The Morgan fingerprint density at radius 1 is 1.07 bits per heavy atom. The van der Waals surface area contributed by atoms with Crippen LogP contribution >= 0.6 is 0 Å². The minimum Gasteiger partial charge on any atom is -0.341 e. The molecule has 1 aliphatic heterocycles. The minimum absolute atomic E-state index is 0.0814. The molecule has 3 rings (SSSR count). The van der Waals surface area contributed by atoms with Gasteiger partial charge < -0.3 is 9.80 Å². The zero-order valence-electron chi connectivity index (χ0n) is 16.1. The van der Waals surface area contributed by atoms with E-state index in [4.69, 9.17) is 0 Å². The first-order valence-corrected chi connectivity index (χ1v) is 9.13. The van der Waals surface area contributed by atoms with Crippen LogP contribution in [0.25, 0.3) is 6.08 Å². The predicted molar refractivity (Wildman–Crippen MR) is 103 cm³/mol. The third-order valence-corrected chi connectivity index (χ3v) is 4.96. The Hall–Kier alpha value is -3.09. The van der Waals surface area contributed by atoms with Crippen molar-refractivity contribution in [2.45, 2.75) is 32.1 Å². The normalized spacial score (nSPS) is 15.8. The summed E-state index contributed by atoms with van der Waals surface area (Å²) in [5.74, 6) is -0.370. The summed E-state index contributed by atoms with van der Waals surface area (Å²) in [6, 6.07) is 11.9. The van der Waals surface area contributed by atoms with E-state index in [1.165, 1.54) is 28.9 Å². The van der Waals surface area contributed by atoms with Crippen LogP contribution in [-0.4, -0.2) is 28.7 Å². The highest BCUT2D eigenvalue weighted by atomic mass is 19.4. The minimum atomic E-state index is -4.39. The van der Waals surface area contributed by atoms with Gasteiger partial charge in [0.2, 0.25) is 11.8 Å². The van der Waals surface area contributed by atoms with Crippen molar-refractivity contribution in [2.75, 3.05) is 7.05 Å². The first-order chi connectivity index (χ1) is 13.7. The first-order valence-electron chi connectivity index (χ1n) is 9.13. The summed E-state index contributed by atoms with van der Waals surface area (Å²) in [5, 5.41) is 0. The van der Waals surface area contributed by atoms with Crippen LogP contribution in [0.15, 0.2) is 54.7 Å². The monoisotopic (exact) mass is 402 g/mol. The molecule has 0 aromatic heterocycles. The van der Waals surface area contributed by atoms with Crippen LogP contribution in [0.3, 0.4) is 0 Å². The molecule has 2 amide bonds. The summed E-state index contributed by atoms with van der Waals surface area (Å²) in [7, 11) is 1.60. The third-order valence-electron chi connectivity index (χ3n) is 4.96. The largest absolute Gasteiger partial charge is 0.416 e. The second-order valence-electron chi connectivity index (χ2n) is 7.04. The molecule has 0 radical (unpaired) electrons. The van der Waals surface area contributed by atoms with Crippen molar-refractivity contribution in [3.8, 4) is 0 Å². The average Bonchev–Trinajstić information content (AvgIpc) is 2.67. The quantitative estimate of drug-likeness (QED) is 0.748. The lowest BCUT2D eigenvalue weighted by atomic mass is 9.93. The Morgan fingerprint density at radius 2 is 1.72 bits per heavy atom. The van der Waals surface area contributed by atoms with Gasteiger partial charge in [0.25, 0.3) is 0 Å². The summed E-state index contributed by atoms with van der Waals surface area (Å²) < 4.78 is 38.1. The lowest BCUT2D eigenvalue weighted by molar-refractivity contribution is -0.138. The van der Waals surface area contributed by atoms with Gasteiger partial charge in [0.05, 0.1) is 18.0 Å². The number of carbonyl (C=O) groups is 2. The molecule has 1 atom stereocenters. The number of benzene rings is 2. The van der Waals surface area contributed by atoms with Crippen molar-refractivity contribution in [2.24, 2.45) is 0 Å². The maximum atomic E-state index is 12.8. The number of rotatable bonds is 4. The van der Waals surface area contributed by atoms with E-state index >= 15 is 0 Å². The van der Waals surface area contributed by atoms with Crippen molar-refractivity contribution in [1.82, 2.24) is 9.80 Å². The lowest BCUT2D eigenvalue weighted by Crippen LogP contribution is -2.35. The summed E-state index contributed by atoms with van der Waals surface area (Å²) in [5.41, 5.74) is 1.72. The summed E-state index contributed by atoms with van der Waals surface area (Å²) in [4.78, 5) is 27.8. The molecule has 2 aromatic rings. The molecule has 0 saturated carbocycles. The summed E-state index contributed by atoms with van der Waals surface area (Å²) in [6.07, 6.45) is -0.793.